The maximum atomic E-state index is 13.0. The number of ether oxygens (including phenoxy) is 2. The predicted octanol–water partition coefficient (Wildman–Crippen LogP) is 2.78. The van der Waals surface area contributed by atoms with Crippen LogP contribution in [0, 0.1) is 10.1 Å². The number of aliphatic carboxylic acids is 1. The van der Waals surface area contributed by atoms with Gasteiger partial charge in [-0.15, -0.1) is 0 Å². The molecule has 0 aliphatic carbocycles. The predicted molar refractivity (Wildman–Crippen MR) is 118 cm³/mol. The minimum atomic E-state index is -1.24. The number of imide groups is 2. The summed E-state index contributed by atoms with van der Waals surface area (Å²) in [7, 11) is 0. The quantitative estimate of drug-likeness (QED) is 0.245. The van der Waals surface area contributed by atoms with Crippen molar-refractivity contribution in [3.63, 3.8) is 0 Å². The van der Waals surface area contributed by atoms with Crippen molar-refractivity contribution in [1.82, 2.24) is 5.32 Å². The number of halogens is 1. The molecule has 4 amide bonds. The lowest BCUT2D eigenvalue weighted by atomic mass is 10.1. The molecule has 2 aromatic carbocycles. The molecule has 0 spiro atoms. The highest BCUT2D eigenvalue weighted by atomic mass is 35.5. The summed E-state index contributed by atoms with van der Waals surface area (Å²) in [4.78, 5) is 59.5. The monoisotopic (exact) mass is 489 g/mol. The zero-order valence-electron chi connectivity index (χ0n) is 17.4. The van der Waals surface area contributed by atoms with E-state index in [-0.39, 0.29) is 40.1 Å². The highest BCUT2D eigenvalue weighted by Crippen LogP contribution is 2.37. The van der Waals surface area contributed by atoms with Gasteiger partial charge < -0.3 is 14.6 Å². The Kier molecular flexibility index (Phi) is 7.12. The number of nitro benzene ring substituents is 1. The molecule has 1 aliphatic heterocycles. The Balaban J connectivity index is 2.02. The van der Waals surface area contributed by atoms with Gasteiger partial charge in [-0.25, -0.2) is 14.5 Å². The van der Waals surface area contributed by atoms with Gasteiger partial charge in [0.15, 0.2) is 18.1 Å². The van der Waals surface area contributed by atoms with Crippen LogP contribution >= 0.6 is 11.6 Å². The number of barbiturate groups is 1. The second-order valence-corrected chi connectivity index (χ2v) is 7.09. The van der Waals surface area contributed by atoms with Crippen molar-refractivity contribution in [1.29, 1.82) is 0 Å². The molecule has 12 nitrogen and oxygen atoms in total. The molecule has 0 atom stereocenters. The van der Waals surface area contributed by atoms with Gasteiger partial charge in [0.05, 0.1) is 22.2 Å². The van der Waals surface area contributed by atoms with Gasteiger partial charge in [-0.1, -0.05) is 17.7 Å². The highest BCUT2D eigenvalue weighted by molar-refractivity contribution is 6.39. The normalized spacial score (nSPS) is 14.7. The summed E-state index contributed by atoms with van der Waals surface area (Å²) < 4.78 is 10.6. The first kappa shape index (κ1) is 24.2. The first-order valence-corrected chi connectivity index (χ1v) is 9.97. The third kappa shape index (κ3) is 5.13. The zero-order chi connectivity index (χ0) is 25.0. The van der Waals surface area contributed by atoms with Crippen molar-refractivity contribution in [3.8, 4) is 11.5 Å². The van der Waals surface area contributed by atoms with Gasteiger partial charge >= 0.3 is 12.0 Å². The van der Waals surface area contributed by atoms with E-state index in [4.69, 9.17) is 26.2 Å². The molecule has 3 rings (SSSR count). The van der Waals surface area contributed by atoms with Gasteiger partial charge in [-0.3, -0.25) is 25.0 Å². The number of carboxylic acids is 1. The maximum absolute atomic E-state index is 13.0. The van der Waals surface area contributed by atoms with E-state index in [1.807, 2.05) is 5.32 Å². The SMILES string of the molecule is CCOc1cc(/C=C2\C(=O)NC(=O)N(c3cccc([N+](=O)[O-])c3)C2=O)cc(Cl)c1OCC(=O)O. The number of non-ortho nitro benzene ring substituents is 1. The highest BCUT2D eigenvalue weighted by Gasteiger charge is 2.37. The van der Waals surface area contributed by atoms with E-state index in [0.717, 1.165) is 12.1 Å². The van der Waals surface area contributed by atoms with Gasteiger partial charge in [-0.2, -0.15) is 0 Å². The molecule has 2 aromatic rings. The number of amides is 4. The zero-order valence-corrected chi connectivity index (χ0v) is 18.2. The number of nitrogens with one attached hydrogen (secondary N) is 1. The van der Waals surface area contributed by atoms with E-state index in [2.05, 4.69) is 0 Å². The fraction of sp³-hybridized carbons (Fsp3) is 0.143. The van der Waals surface area contributed by atoms with Crippen molar-refractivity contribution in [2.75, 3.05) is 18.1 Å². The largest absolute Gasteiger partial charge is 0.490 e. The third-order valence-corrected chi connectivity index (χ3v) is 4.66. The van der Waals surface area contributed by atoms with Crippen LogP contribution in [0.3, 0.4) is 0 Å². The Morgan fingerprint density at radius 2 is 1.97 bits per heavy atom. The molecule has 1 fully saturated rings. The Labute approximate surface area is 196 Å². The molecule has 0 bridgehead atoms. The van der Waals surface area contributed by atoms with E-state index in [1.165, 1.54) is 30.3 Å². The van der Waals surface area contributed by atoms with Crippen LogP contribution < -0.4 is 19.7 Å². The molecule has 2 N–H and O–H groups in total. The van der Waals surface area contributed by atoms with Gasteiger partial charge in [0.2, 0.25) is 0 Å². The molecule has 13 heteroatoms. The van der Waals surface area contributed by atoms with Crippen LogP contribution in [0.4, 0.5) is 16.2 Å². The number of hydrogen-bond donors (Lipinski definition) is 2. The number of nitro groups is 1. The minimum Gasteiger partial charge on any atom is -0.490 e. The number of rotatable bonds is 8. The smallest absolute Gasteiger partial charge is 0.341 e. The summed E-state index contributed by atoms with van der Waals surface area (Å²) in [6.07, 6.45) is 1.14. The van der Waals surface area contributed by atoms with E-state index >= 15 is 0 Å². The minimum absolute atomic E-state index is 0.0408. The Morgan fingerprint density at radius 1 is 1.24 bits per heavy atom. The summed E-state index contributed by atoms with van der Waals surface area (Å²) in [5.74, 6) is -3.22. The number of nitrogens with zero attached hydrogens (tertiary/aromatic N) is 2. The van der Waals surface area contributed by atoms with Crippen LogP contribution in [0.5, 0.6) is 11.5 Å². The van der Waals surface area contributed by atoms with Crippen molar-refractivity contribution in [3.05, 3.63) is 62.7 Å². The fourth-order valence-corrected chi connectivity index (χ4v) is 3.29. The topological polar surface area (TPSA) is 165 Å². The van der Waals surface area contributed by atoms with Crippen LogP contribution in [0.1, 0.15) is 12.5 Å². The number of carboxylic acid groups (broad SMARTS) is 1. The molecule has 0 aromatic heterocycles. The number of carbonyl (C=O) groups is 4. The van der Waals surface area contributed by atoms with Crippen molar-refractivity contribution < 1.29 is 38.7 Å². The molecule has 1 saturated heterocycles. The fourth-order valence-electron chi connectivity index (χ4n) is 3.01. The molecule has 0 saturated carbocycles. The molecule has 0 unspecified atom stereocenters. The van der Waals surface area contributed by atoms with Gasteiger partial charge in [0.25, 0.3) is 17.5 Å². The molecular formula is C21H16ClN3O9. The Hall–Kier alpha value is -4.45. The lowest BCUT2D eigenvalue weighted by Gasteiger charge is -2.26. The van der Waals surface area contributed by atoms with Crippen LogP contribution in [0.2, 0.25) is 5.02 Å². The van der Waals surface area contributed by atoms with E-state index < -0.39 is 40.9 Å². The molecular weight excluding hydrogens is 474 g/mol. The van der Waals surface area contributed by atoms with Gasteiger partial charge in [0.1, 0.15) is 5.57 Å². The number of benzene rings is 2. The number of anilines is 1. The average molecular weight is 490 g/mol. The summed E-state index contributed by atoms with van der Waals surface area (Å²) in [5.41, 5.74) is -0.710. The van der Waals surface area contributed by atoms with E-state index in [1.54, 1.807) is 6.92 Å². The van der Waals surface area contributed by atoms with Gasteiger partial charge in [0, 0.05) is 12.1 Å². The summed E-state index contributed by atoms with van der Waals surface area (Å²) >= 11 is 6.20. The van der Waals surface area contributed by atoms with Crippen LogP contribution in [-0.4, -0.2) is 47.1 Å². The van der Waals surface area contributed by atoms with Crippen molar-refractivity contribution >= 4 is 52.9 Å². The van der Waals surface area contributed by atoms with Crippen LogP contribution in [0.25, 0.3) is 6.08 Å². The molecule has 176 valence electrons. The average Bonchev–Trinajstić information content (AvgIpc) is 2.76. The lowest BCUT2D eigenvalue weighted by molar-refractivity contribution is -0.384. The first-order valence-electron chi connectivity index (χ1n) is 9.59. The summed E-state index contributed by atoms with van der Waals surface area (Å²) in [6, 6.07) is 6.40. The Bertz CT molecular complexity index is 1240. The standard InChI is InChI=1S/C21H16ClN3O9/c1-2-33-16-8-11(7-15(22)18(16)34-10-17(26)27)6-14-19(28)23-21(30)24(20(14)29)12-4-3-5-13(9-12)25(31)32/h3-9H,2,10H2,1H3,(H,26,27)(H,23,28,30)/b14-6+. The second kappa shape index (κ2) is 10.0. The van der Waals surface area contributed by atoms with Crippen LogP contribution in [-0.2, 0) is 14.4 Å². The lowest BCUT2D eigenvalue weighted by Crippen LogP contribution is -2.54. The van der Waals surface area contributed by atoms with Gasteiger partial charge in [-0.05, 0) is 36.8 Å². The number of carbonyl (C=O) groups excluding carboxylic acids is 3. The summed E-state index contributed by atoms with van der Waals surface area (Å²) in [6.45, 7) is 1.16. The number of urea groups is 1. The third-order valence-electron chi connectivity index (χ3n) is 4.38. The summed E-state index contributed by atoms with van der Waals surface area (Å²) in [5, 5.41) is 21.9. The van der Waals surface area contributed by atoms with Crippen LogP contribution in [0.15, 0.2) is 42.0 Å². The maximum Gasteiger partial charge on any atom is 0.341 e. The molecule has 1 heterocycles. The van der Waals surface area contributed by atoms with Crippen molar-refractivity contribution in [2.24, 2.45) is 0 Å². The second-order valence-electron chi connectivity index (χ2n) is 6.68. The molecule has 1 aliphatic rings. The van der Waals surface area contributed by atoms with Crippen molar-refractivity contribution in [2.45, 2.75) is 6.92 Å². The molecule has 34 heavy (non-hydrogen) atoms. The van der Waals surface area contributed by atoms with E-state index in [0.29, 0.717) is 4.90 Å². The molecule has 0 radical (unpaired) electrons. The van der Waals surface area contributed by atoms with E-state index in [9.17, 15) is 29.3 Å². The Morgan fingerprint density at radius 3 is 2.62 bits per heavy atom. The number of hydrogen-bond acceptors (Lipinski definition) is 8. The first-order chi connectivity index (χ1) is 16.1.